The maximum atomic E-state index is 5.35. The van der Waals surface area contributed by atoms with Gasteiger partial charge in [-0.3, -0.25) is 0 Å². The van der Waals surface area contributed by atoms with Gasteiger partial charge in [-0.1, -0.05) is 24.1 Å². The van der Waals surface area contributed by atoms with Gasteiger partial charge in [0.1, 0.15) is 0 Å². The van der Waals surface area contributed by atoms with Crippen molar-refractivity contribution in [3.63, 3.8) is 0 Å². The summed E-state index contributed by atoms with van der Waals surface area (Å²) in [7, 11) is 1.87. The maximum absolute atomic E-state index is 5.35. The first kappa shape index (κ1) is 10.0. The summed E-state index contributed by atoms with van der Waals surface area (Å²) in [5, 5.41) is 0.986. The second kappa shape index (κ2) is 4.82. The molecule has 0 fully saturated rings. The van der Waals surface area contributed by atoms with E-state index in [4.69, 9.17) is 15.3 Å². The van der Waals surface area contributed by atoms with Crippen molar-refractivity contribution in [3.8, 4) is 12.3 Å². The minimum Gasteiger partial charge on any atom is -0.393 e. The van der Waals surface area contributed by atoms with Crippen molar-refractivity contribution in [1.82, 2.24) is 0 Å². The molecule has 13 heavy (non-hydrogen) atoms. The number of hydrogen-bond acceptors (Lipinski definition) is 2. The Bertz CT molecular complexity index is 313. The molecule has 0 heterocycles. The van der Waals surface area contributed by atoms with Crippen molar-refractivity contribution >= 4 is 14.5 Å². The van der Waals surface area contributed by atoms with Gasteiger partial charge in [-0.2, -0.15) is 0 Å². The number of benzene rings is 1. The summed E-state index contributed by atoms with van der Waals surface area (Å²) in [6.07, 6.45) is 5.35. The van der Waals surface area contributed by atoms with Gasteiger partial charge in [-0.15, -0.1) is 6.42 Å². The van der Waals surface area contributed by atoms with E-state index in [1.54, 1.807) is 14.2 Å². The Kier molecular flexibility index (Phi) is 3.71. The number of terminal acetylenes is 1. The van der Waals surface area contributed by atoms with Gasteiger partial charge >= 0.3 is 9.28 Å². The summed E-state index contributed by atoms with van der Waals surface area (Å²) in [4.78, 5) is 0. The van der Waals surface area contributed by atoms with Crippen LogP contribution in [0, 0.1) is 12.3 Å². The van der Waals surface area contributed by atoms with Crippen molar-refractivity contribution < 1.29 is 8.85 Å². The summed E-state index contributed by atoms with van der Waals surface area (Å²) in [6.45, 7) is 0. The molecule has 1 radical (unpaired) electrons. The zero-order valence-corrected chi connectivity index (χ0v) is 8.70. The van der Waals surface area contributed by atoms with Crippen LogP contribution in [0.15, 0.2) is 24.3 Å². The fourth-order valence-corrected chi connectivity index (χ4v) is 2.30. The SMILES string of the molecule is C#Cc1ccccc1[Si](OC)OC. The smallest absolute Gasteiger partial charge is 0.393 e. The van der Waals surface area contributed by atoms with Gasteiger partial charge in [-0.25, -0.2) is 0 Å². The Morgan fingerprint density at radius 1 is 1.23 bits per heavy atom. The van der Waals surface area contributed by atoms with Gasteiger partial charge in [0, 0.05) is 25.0 Å². The lowest BCUT2D eigenvalue weighted by molar-refractivity contribution is 0.292. The second-order valence-corrected chi connectivity index (χ2v) is 4.32. The van der Waals surface area contributed by atoms with Crippen LogP contribution in [0.5, 0.6) is 0 Å². The van der Waals surface area contributed by atoms with Crippen molar-refractivity contribution in [2.45, 2.75) is 0 Å². The second-order valence-electron chi connectivity index (χ2n) is 2.39. The van der Waals surface area contributed by atoms with Crippen LogP contribution in [0.3, 0.4) is 0 Å². The van der Waals surface area contributed by atoms with Crippen LogP contribution in [0.25, 0.3) is 0 Å². The zero-order chi connectivity index (χ0) is 9.68. The van der Waals surface area contributed by atoms with Crippen LogP contribution in [-0.4, -0.2) is 23.5 Å². The molecule has 3 heteroatoms. The molecule has 0 atom stereocenters. The Morgan fingerprint density at radius 3 is 2.38 bits per heavy atom. The third-order valence-electron chi connectivity index (χ3n) is 1.67. The molecule has 0 aromatic heterocycles. The van der Waals surface area contributed by atoms with Crippen LogP contribution in [0.1, 0.15) is 5.56 Å². The molecule has 1 aromatic rings. The molecule has 0 aliphatic rings. The first-order valence-electron chi connectivity index (χ1n) is 3.84. The van der Waals surface area contributed by atoms with Gasteiger partial charge in [0.25, 0.3) is 0 Å². The number of hydrogen-bond donors (Lipinski definition) is 0. The highest BCUT2D eigenvalue weighted by atomic mass is 28.3. The zero-order valence-electron chi connectivity index (χ0n) is 7.70. The van der Waals surface area contributed by atoms with Crippen LogP contribution < -0.4 is 5.19 Å². The minimum atomic E-state index is -1.39. The first-order chi connectivity index (χ1) is 6.33. The Hall–Kier alpha value is -1.08. The molecule has 67 valence electrons. The fourth-order valence-electron chi connectivity index (χ4n) is 1.09. The normalized spacial score (nSPS) is 10.0. The number of rotatable bonds is 3. The van der Waals surface area contributed by atoms with E-state index in [1.807, 2.05) is 24.3 Å². The molecule has 0 spiro atoms. The Balaban J connectivity index is 3.05. The highest BCUT2D eigenvalue weighted by molar-refractivity contribution is 6.62. The lowest BCUT2D eigenvalue weighted by atomic mass is 10.2. The molecule has 0 aliphatic heterocycles. The summed E-state index contributed by atoms with van der Waals surface area (Å²) in [6, 6.07) is 7.66. The molecular formula is C10H11O2Si. The highest BCUT2D eigenvalue weighted by Gasteiger charge is 2.18. The maximum Gasteiger partial charge on any atom is 0.424 e. The largest absolute Gasteiger partial charge is 0.424 e. The highest BCUT2D eigenvalue weighted by Crippen LogP contribution is 1.97. The first-order valence-corrected chi connectivity index (χ1v) is 5.16. The average Bonchev–Trinajstić information content (AvgIpc) is 2.20. The molecule has 0 saturated heterocycles. The average molecular weight is 191 g/mol. The van der Waals surface area contributed by atoms with Crippen LogP contribution in [0.4, 0.5) is 0 Å². The van der Waals surface area contributed by atoms with Gasteiger partial charge in [-0.05, 0) is 6.07 Å². The van der Waals surface area contributed by atoms with E-state index < -0.39 is 9.28 Å². The summed E-state index contributed by atoms with van der Waals surface area (Å²) in [5.41, 5.74) is 0.847. The van der Waals surface area contributed by atoms with E-state index in [2.05, 4.69) is 5.92 Å². The molecule has 0 amide bonds. The van der Waals surface area contributed by atoms with Gasteiger partial charge in [0.05, 0.1) is 0 Å². The van der Waals surface area contributed by atoms with Gasteiger partial charge in [0.15, 0.2) is 0 Å². The fraction of sp³-hybridized carbons (Fsp3) is 0.200. The van der Waals surface area contributed by atoms with E-state index in [-0.39, 0.29) is 0 Å². The summed E-state index contributed by atoms with van der Waals surface area (Å²) >= 11 is 0. The molecule has 1 rings (SSSR count). The van der Waals surface area contributed by atoms with E-state index in [1.165, 1.54) is 0 Å². The van der Waals surface area contributed by atoms with Crippen LogP contribution in [0.2, 0.25) is 0 Å². The monoisotopic (exact) mass is 191 g/mol. The topological polar surface area (TPSA) is 18.5 Å². The van der Waals surface area contributed by atoms with Gasteiger partial charge in [0.2, 0.25) is 0 Å². The molecule has 1 aromatic carbocycles. The van der Waals surface area contributed by atoms with Gasteiger partial charge < -0.3 is 8.85 Å². The standard InChI is InChI=1S/C10H11O2Si/c1-4-9-7-5-6-8-10(9)13(11-2)12-3/h1,5-8H,2-3H3. The molecule has 0 bridgehead atoms. The lowest BCUT2D eigenvalue weighted by Crippen LogP contribution is -2.36. The molecule has 0 unspecified atom stereocenters. The van der Waals surface area contributed by atoms with E-state index >= 15 is 0 Å². The van der Waals surface area contributed by atoms with Crippen molar-refractivity contribution in [1.29, 1.82) is 0 Å². The summed E-state index contributed by atoms with van der Waals surface area (Å²) in [5.74, 6) is 2.61. The molecule has 2 nitrogen and oxygen atoms in total. The molecule has 0 saturated carbocycles. The minimum absolute atomic E-state index is 0.847. The molecule has 0 N–H and O–H groups in total. The van der Waals surface area contributed by atoms with Crippen molar-refractivity contribution in [3.05, 3.63) is 29.8 Å². The quantitative estimate of drug-likeness (QED) is 0.516. The van der Waals surface area contributed by atoms with Crippen LogP contribution >= 0.6 is 0 Å². The predicted octanol–water partition coefficient (Wildman–Crippen LogP) is 0.656. The summed E-state index contributed by atoms with van der Waals surface area (Å²) < 4.78 is 10.4. The molecular weight excluding hydrogens is 180 g/mol. The van der Waals surface area contributed by atoms with Crippen LogP contribution in [-0.2, 0) is 8.85 Å². The molecule has 0 aliphatic carbocycles. The Morgan fingerprint density at radius 2 is 1.85 bits per heavy atom. The van der Waals surface area contributed by atoms with E-state index in [0.717, 1.165) is 10.8 Å². The van der Waals surface area contributed by atoms with E-state index in [9.17, 15) is 0 Å². The third kappa shape index (κ3) is 2.19. The van der Waals surface area contributed by atoms with E-state index in [0.29, 0.717) is 0 Å². The third-order valence-corrected chi connectivity index (χ3v) is 3.29. The lowest BCUT2D eigenvalue weighted by Gasteiger charge is -2.10. The Labute approximate surface area is 80.3 Å². The van der Waals surface area contributed by atoms with Crippen molar-refractivity contribution in [2.75, 3.05) is 14.2 Å². The predicted molar refractivity (Wildman–Crippen MR) is 53.8 cm³/mol. The van der Waals surface area contributed by atoms with Crippen molar-refractivity contribution in [2.24, 2.45) is 0 Å².